The largest absolute Gasteiger partial charge is 0.497 e. The van der Waals surface area contributed by atoms with Crippen LogP contribution < -0.4 is 14.8 Å². The fourth-order valence-corrected chi connectivity index (χ4v) is 2.07. The van der Waals surface area contributed by atoms with Gasteiger partial charge in [-0.15, -0.1) is 0 Å². The Labute approximate surface area is 129 Å². The second-order valence-corrected chi connectivity index (χ2v) is 4.75. The van der Waals surface area contributed by atoms with Gasteiger partial charge < -0.3 is 14.8 Å². The van der Waals surface area contributed by atoms with Crippen LogP contribution in [-0.2, 0) is 24.8 Å². The van der Waals surface area contributed by atoms with Gasteiger partial charge in [0.2, 0.25) is 5.91 Å². The molecule has 0 unspecified atom stereocenters. The lowest BCUT2D eigenvalue weighted by Gasteiger charge is -2.10. The molecule has 1 aromatic carbocycles. The molecule has 7 heteroatoms. The molecule has 1 heterocycles. The van der Waals surface area contributed by atoms with Crippen molar-refractivity contribution in [1.29, 1.82) is 0 Å². The second kappa shape index (κ2) is 7.44. The zero-order valence-corrected chi connectivity index (χ0v) is 13.0. The van der Waals surface area contributed by atoms with Crippen LogP contribution >= 0.6 is 0 Å². The van der Waals surface area contributed by atoms with E-state index in [0.717, 1.165) is 17.1 Å². The van der Waals surface area contributed by atoms with E-state index in [1.165, 1.54) is 6.33 Å². The third-order valence-electron chi connectivity index (χ3n) is 3.36. The van der Waals surface area contributed by atoms with E-state index >= 15 is 0 Å². The van der Waals surface area contributed by atoms with E-state index in [1.54, 1.807) is 25.9 Å². The standard InChI is InChI=1S/C15H20N4O3/c1-19-14(17-10-18-19)9-16-15(20)7-4-11-8-12(21-2)5-6-13(11)22-3/h5-6,8,10H,4,7,9H2,1-3H3,(H,16,20). The summed E-state index contributed by atoms with van der Waals surface area (Å²) in [5.74, 6) is 2.16. The molecule has 0 fully saturated rings. The third kappa shape index (κ3) is 3.97. The number of nitrogens with zero attached hydrogens (tertiary/aromatic N) is 3. The highest BCUT2D eigenvalue weighted by atomic mass is 16.5. The van der Waals surface area contributed by atoms with Gasteiger partial charge in [-0.25, -0.2) is 4.98 Å². The Hall–Kier alpha value is -2.57. The molecule has 118 valence electrons. The van der Waals surface area contributed by atoms with E-state index in [9.17, 15) is 4.79 Å². The van der Waals surface area contributed by atoms with Crippen LogP contribution in [0.3, 0.4) is 0 Å². The predicted molar refractivity (Wildman–Crippen MR) is 80.7 cm³/mol. The number of rotatable bonds is 7. The SMILES string of the molecule is COc1ccc(OC)c(CCC(=O)NCc2ncnn2C)c1. The zero-order chi connectivity index (χ0) is 15.9. The zero-order valence-electron chi connectivity index (χ0n) is 13.0. The fourth-order valence-electron chi connectivity index (χ4n) is 2.07. The van der Waals surface area contributed by atoms with Crippen LogP contribution in [0.15, 0.2) is 24.5 Å². The quantitative estimate of drug-likeness (QED) is 0.828. The van der Waals surface area contributed by atoms with Gasteiger partial charge in [0.25, 0.3) is 0 Å². The van der Waals surface area contributed by atoms with Gasteiger partial charge in [-0.3, -0.25) is 9.48 Å². The molecule has 0 saturated heterocycles. The summed E-state index contributed by atoms with van der Waals surface area (Å²) in [5.41, 5.74) is 0.940. The summed E-state index contributed by atoms with van der Waals surface area (Å²) in [6.45, 7) is 0.366. The summed E-state index contributed by atoms with van der Waals surface area (Å²) >= 11 is 0. The molecule has 1 aromatic heterocycles. The number of nitrogens with one attached hydrogen (secondary N) is 1. The summed E-state index contributed by atoms with van der Waals surface area (Å²) in [7, 11) is 5.01. The van der Waals surface area contributed by atoms with E-state index < -0.39 is 0 Å². The Kier molecular flexibility index (Phi) is 5.35. The van der Waals surface area contributed by atoms with E-state index in [4.69, 9.17) is 9.47 Å². The van der Waals surface area contributed by atoms with E-state index in [1.807, 2.05) is 18.2 Å². The molecular formula is C15H20N4O3. The van der Waals surface area contributed by atoms with Gasteiger partial charge in [0.15, 0.2) is 0 Å². The maximum atomic E-state index is 11.9. The van der Waals surface area contributed by atoms with Crippen LogP contribution in [0.25, 0.3) is 0 Å². The van der Waals surface area contributed by atoms with Crippen molar-refractivity contribution in [3.8, 4) is 11.5 Å². The Morgan fingerprint density at radius 1 is 1.32 bits per heavy atom. The topological polar surface area (TPSA) is 78.3 Å². The van der Waals surface area contributed by atoms with Crippen LogP contribution in [0, 0.1) is 0 Å². The Balaban J connectivity index is 1.89. The molecule has 1 N–H and O–H groups in total. The van der Waals surface area contributed by atoms with Crippen molar-refractivity contribution in [2.24, 2.45) is 7.05 Å². The van der Waals surface area contributed by atoms with Crippen molar-refractivity contribution in [2.45, 2.75) is 19.4 Å². The molecule has 1 amide bonds. The predicted octanol–water partition coefficient (Wildman–Crippen LogP) is 1.08. The number of aromatic nitrogens is 3. The summed E-state index contributed by atoms with van der Waals surface area (Å²) in [6.07, 6.45) is 2.40. The molecule has 0 radical (unpaired) electrons. The smallest absolute Gasteiger partial charge is 0.220 e. The van der Waals surface area contributed by atoms with Crippen molar-refractivity contribution >= 4 is 5.91 Å². The minimum atomic E-state index is -0.0483. The highest BCUT2D eigenvalue weighted by Gasteiger charge is 2.09. The molecule has 0 spiro atoms. The Morgan fingerprint density at radius 3 is 2.77 bits per heavy atom. The highest BCUT2D eigenvalue weighted by Crippen LogP contribution is 2.25. The lowest BCUT2D eigenvalue weighted by atomic mass is 10.1. The van der Waals surface area contributed by atoms with Gasteiger partial charge in [0, 0.05) is 13.5 Å². The first-order chi connectivity index (χ1) is 10.6. The van der Waals surface area contributed by atoms with Crippen LogP contribution in [0.2, 0.25) is 0 Å². The summed E-state index contributed by atoms with van der Waals surface area (Å²) < 4.78 is 12.1. The lowest BCUT2D eigenvalue weighted by Crippen LogP contribution is -2.24. The summed E-state index contributed by atoms with van der Waals surface area (Å²) in [4.78, 5) is 16.0. The molecule has 7 nitrogen and oxygen atoms in total. The minimum Gasteiger partial charge on any atom is -0.497 e. The van der Waals surface area contributed by atoms with Crippen LogP contribution in [0.1, 0.15) is 17.8 Å². The molecule has 0 aliphatic rings. The first kappa shape index (κ1) is 15.8. The van der Waals surface area contributed by atoms with Gasteiger partial charge in [-0.1, -0.05) is 0 Å². The lowest BCUT2D eigenvalue weighted by molar-refractivity contribution is -0.121. The first-order valence-electron chi connectivity index (χ1n) is 6.94. The number of carbonyl (C=O) groups is 1. The first-order valence-corrected chi connectivity index (χ1v) is 6.94. The number of amides is 1. The third-order valence-corrected chi connectivity index (χ3v) is 3.36. The second-order valence-electron chi connectivity index (χ2n) is 4.75. The molecule has 22 heavy (non-hydrogen) atoms. The van der Waals surface area contributed by atoms with Gasteiger partial charge in [0.05, 0.1) is 20.8 Å². The molecule has 2 rings (SSSR count). The van der Waals surface area contributed by atoms with Crippen molar-refractivity contribution < 1.29 is 14.3 Å². The average Bonchev–Trinajstić information content (AvgIpc) is 2.95. The Morgan fingerprint density at radius 2 is 2.14 bits per heavy atom. The van der Waals surface area contributed by atoms with E-state index in [2.05, 4.69) is 15.4 Å². The van der Waals surface area contributed by atoms with Gasteiger partial charge >= 0.3 is 0 Å². The van der Waals surface area contributed by atoms with E-state index in [0.29, 0.717) is 25.2 Å². The number of benzene rings is 1. The van der Waals surface area contributed by atoms with E-state index in [-0.39, 0.29) is 5.91 Å². The van der Waals surface area contributed by atoms with Gasteiger partial charge in [-0.05, 0) is 30.2 Å². The molecular weight excluding hydrogens is 284 g/mol. The molecule has 0 bridgehead atoms. The van der Waals surface area contributed by atoms with Crippen LogP contribution in [0.5, 0.6) is 11.5 Å². The summed E-state index contributed by atoms with van der Waals surface area (Å²) in [6, 6.07) is 5.55. The number of carbonyl (C=O) groups excluding carboxylic acids is 1. The van der Waals surface area contributed by atoms with Crippen molar-refractivity contribution in [3.05, 3.63) is 35.9 Å². The number of methoxy groups -OCH3 is 2. The Bertz CT molecular complexity index is 639. The molecule has 0 atom stereocenters. The van der Waals surface area contributed by atoms with Gasteiger partial charge in [0.1, 0.15) is 23.7 Å². The van der Waals surface area contributed by atoms with Crippen molar-refractivity contribution in [3.63, 3.8) is 0 Å². The number of aryl methyl sites for hydroxylation is 2. The fraction of sp³-hybridized carbons (Fsp3) is 0.400. The number of ether oxygens (including phenoxy) is 2. The van der Waals surface area contributed by atoms with Gasteiger partial charge in [-0.2, -0.15) is 5.10 Å². The van der Waals surface area contributed by atoms with Crippen molar-refractivity contribution in [2.75, 3.05) is 14.2 Å². The van der Waals surface area contributed by atoms with Crippen molar-refractivity contribution in [1.82, 2.24) is 20.1 Å². The van der Waals surface area contributed by atoms with Crippen LogP contribution in [0.4, 0.5) is 0 Å². The molecule has 0 saturated carbocycles. The monoisotopic (exact) mass is 304 g/mol. The maximum absolute atomic E-state index is 11.9. The molecule has 2 aromatic rings. The molecule has 0 aliphatic carbocycles. The minimum absolute atomic E-state index is 0.0483. The van der Waals surface area contributed by atoms with Crippen LogP contribution in [-0.4, -0.2) is 34.9 Å². The average molecular weight is 304 g/mol. The maximum Gasteiger partial charge on any atom is 0.220 e. The highest BCUT2D eigenvalue weighted by molar-refractivity contribution is 5.76. The summed E-state index contributed by atoms with van der Waals surface area (Å²) in [5, 5.41) is 6.78. The molecule has 0 aliphatic heterocycles. The number of hydrogen-bond acceptors (Lipinski definition) is 5. The normalized spacial score (nSPS) is 10.3. The number of hydrogen-bond donors (Lipinski definition) is 1.